The quantitative estimate of drug-likeness (QED) is 0.489. The maximum absolute atomic E-state index is 13.5. The molecule has 32 heavy (non-hydrogen) atoms. The number of nitrogens with zero attached hydrogens (tertiary/aromatic N) is 1. The molecule has 1 amide bonds. The van der Waals surface area contributed by atoms with Crippen LogP contribution in [0.15, 0.2) is 71.6 Å². The van der Waals surface area contributed by atoms with Crippen molar-refractivity contribution in [3.63, 3.8) is 0 Å². The van der Waals surface area contributed by atoms with Gasteiger partial charge in [-0.05, 0) is 74.9 Å². The fourth-order valence-corrected chi connectivity index (χ4v) is 4.67. The second-order valence-electron chi connectivity index (χ2n) is 7.26. The monoisotopic (exact) mass is 472 g/mol. The number of aryl methyl sites for hydroxylation is 2. The average Bonchev–Trinajstić information content (AvgIpc) is 2.76. The fourth-order valence-electron chi connectivity index (χ4n) is 3.08. The molecular formula is C24H25ClN2O4S. The largest absolute Gasteiger partial charge is 0.494 e. The van der Waals surface area contributed by atoms with Gasteiger partial charge in [0.15, 0.2) is 0 Å². The van der Waals surface area contributed by atoms with Crippen molar-refractivity contribution in [1.29, 1.82) is 0 Å². The topological polar surface area (TPSA) is 75.7 Å². The van der Waals surface area contributed by atoms with E-state index in [2.05, 4.69) is 5.32 Å². The Morgan fingerprint density at radius 3 is 2.28 bits per heavy atom. The van der Waals surface area contributed by atoms with Gasteiger partial charge in [-0.3, -0.25) is 9.10 Å². The van der Waals surface area contributed by atoms with E-state index in [4.69, 9.17) is 16.3 Å². The van der Waals surface area contributed by atoms with Crippen molar-refractivity contribution >= 4 is 38.9 Å². The average molecular weight is 473 g/mol. The normalized spacial score (nSPS) is 11.1. The minimum Gasteiger partial charge on any atom is -0.494 e. The van der Waals surface area contributed by atoms with E-state index in [0.29, 0.717) is 28.8 Å². The van der Waals surface area contributed by atoms with Gasteiger partial charge in [-0.1, -0.05) is 35.4 Å². The number of rotatable bonds is 8. The molecule has 0 saturated carbocycles. The first-order chi connectivity index (χ1) is 15.2. The van der Waals surface area contributed by atoms with Gasteiger partial charge in [0.05, 0.1) is 17.2 Å². The van der Waals surface area contributed by atoms with Crippen LogP contribution in [0.2, 0.25) is 5.02 Å². The van der Waals surface area contributed by atoms with E-state index in [0.717, 1.165) is 15.4 Å². The highest BCUT2D eigenvalue weighted by Crippen LogP contribution is 2.26. The van der Waals surface area contributed by atoms with E-state index in [-0.39, 0.29) is 4.90 Å². The highest BCUT2D eigenvalue weighted by Gasteiger charge is 2.27. The Hall–Kier alpha value is -3.03. The first kappa shape index (κ1) is 23.6. The summed E-state index contributed by atoms with van der Waals surface area (Å²) in [5, 5.41) is 3.24. The number of amides is 1. The summed E-state index contributed by atoms with van der Waals surface area (Å²) in [5.41, 5.74) is 2.72. The van der Waals surface area contributed by atoms with Crippen molar-refractivity contribution in [2.75, 3.05) is 22.8 Å². The van der Waals surface area contributed by atoms with Gasteiger partial charge in [0.25, 0.3) is 10.0 Å². The molecule has 0 spiro atoms. The summed E-state index contributed by atoms with van der Waals surface area (Å²) in [5.74, 6) is 0.0907. The number of carbonyl (C=O) groups excluding carboxylic acids is 1. The van der Waals surface area contributed by atoms with Crippen LogP contribution in [0, 0.1) is 13.8 Å². The molecule has 0 radical (unpaired) electrons. The molecule has 6 nitrogen and oxygen atoms in total. The van der Waals surface area contributed by atoms with Gasteiger partial charge < -0.3 is 10.1 Å². The second-order valence-corrected chi connectivity index (χ2v) is 9.56. The first-order valence-corrected chi connectivity index (χ1v) is 11.9. The third kappa shape index (κ3) is 5.60. The Balaban J connectivity index is 1.93. The van der Waals surface area contributed by atoms with Crippen LogP contribution < -0.4 is 14.4 Å². The molecule has 0 atom stereocenters. The predicted octanol–water partition coefficient (Wildman–Crippen LogP) is 5.19. The fraction of sp³-hybridized carbons (Fsp3) is 0.208. The maximum Gasteiger partial charge on any atom is 0.264 e. The molecule has 168 valence electrons. The molecular weight excluding hydrogens is 448 g/mol. The molecule has 0 saturated heterocycles. The molecule has 1 N–H and O–H groups in total. The standard InChI is InChI=1S/C24H25ClN2O4S/c1-4-31-21-11-13-22(14-12-21)32(29,30)27(20-9-5-17(2)6-10-20)16-24(28)26-23-15-19(25)8-7-18(23)3/h5-15H,4,16H2,1-3H3,(H,26,28). The van der Waals surface area contributed by atoms with Crippen LogP contribution in [-0.4, -0.2) is 27.5 Å². The Kier molecular flexibility index (Phi) is 7.43. The van der Waals surface area contributed by atoms with Crippen molar-refractivity contribution < 1.29 is 17.9 Å². The summed E-state index contributed by atoms with van der Waals surface area (Å²) < 4.78 is 33.5. The van der Waals surface area contributed by atoms with Crippen LogP contribution in [0.3, 0.4) is 0 Å². The van der Waals surface area contributed by atoms with Crippen LogP contribution in [0.1, 0.15) is 18.1 Å². The lowest BCUT2D eigenvalue weighted by Gasteiger charge is -2.24. The predicted molar refractivity (Wildman–Crippen MR) is 128 cm³/mol. The first-order valence-electron chi connectivity index (χ1n) is 10.1. The summed E-state index contributed by atoms with van der Waals surface area (Å²) in [6, 6.07) is 18.2. The van der Waals surface area contributed by atoms with Crippen molar-refractivity contribution in [3.05, 3.63) is 82.9 Å². The van der Waals surface area contributed by atoms with E-state index in [1.54, 1.807) is 54.6 Å². The third-order valence-electron chi connectivity index (χ3n) is 4.81. The third-order valence-corrected chi connectivity index (χ3v) is 6.83. The van der Waals surface area contributed by atoms with E-state index < -0.39 is 22.5 Å². The van der Waals surface area contributed by atoms with E-state index in [1.807, 2.05) is 20.8 Å². The number of nitrogens with one attached hydrogen (secondary N) is 1. The van der Waals surface area contributed by atoms with Gasteiger partial charge in [-0.25, -0.2) is 8.42 Å². The number of anilines is 2. The molecule has 0 bridgehead atoms. The Labute approximate surface area is 193 Å². The van der Waals surface area contributed by atoms with E-state index in [1.165, 1.54) is 12.1 Å². The minimum absolute atomic E-state index is 0.0632. The van der Waals surface area contributed by atoms with Gasteiger partial charge in [0, 0.05) is 10.7 Å². The minimum atomic E-state index is -4.01. The molecule has 0 unspecified atom stereocenters. The summed E-state index contributed by atoms with van der Waals surface area (Å²) in [6.45, 7) is 5.67. The zero-order valence-electron chi connectivity index (χ0n) is 18.1. The molecule has 0 fully saturated rings. The molecule has 0 aromatic heterocycles. The zero-order valence-corrected chi connectivity index (χ0v) is 19.7. The molecule has 3 rings (SSSR count). The zero-order chi connectivity index (χ0) is 23.3. The Morgan fingerprint density at radius 2 is 1.66 bits per heavy atom. The second kappa shape index (κ2) is 10.1. The number of hydrogen-bond acceptors (Lipinski definition) is 4. The maximum atomic E-state index is 13.5. The lowest BCUT2D eigenvalue weighted by Crippen LogP contribution is -2.38. The van der Waals surface area contributed by atoms with Crippen molar-refractivity contribution in [2.45, 2.75) is 25.7 Å². The SMILES string of the molecule is CCOc1ccc(S(=O)(=O)N(CC(=O)Nc2cc(Cl)ccc2C)c2ccc(C)cc2)cc1. The van der Waals surface area contributed by atoms with Crippen LogP contribution in [0.5, 0.6) is 5.75 Å². The molecule has 3 aromatic carbocycles. The van der Waals surface area contributed by atoms with Crippen LogP contribution in [-0.2, 0) is 14.8 Å². The van der Waals surface area contributed by atoms with E-state index >= 15 is 0 Å². The molecule has 0 aliphatic carbocycles. The molecule has 0 heterocycles. The van der Waals surface area contributed by atoms with Gasteiger partial charge in [0.1, 0.15) is 12.3 Å². The lowest BCUT2D eigenvalue weighted by molar-refractivity contribution is -0.114. The van der Waals surface area contributed by atoms with Gasteiger partial charge >= 0.3 is 0 Å². The number of carbonyl (C=O) groups is 1. The van der Waals surface area contributed by atoms with Crippen LogP contribution >= 0.6 is 11.6 Å². The number of hydrogen-bond donors (Lipinski definition) is 1. The van der Waals surface area contributed by atoms with Crippen LogP contribution in [0.25, 0.3) is 0 Å². The number of halogens is 1. The molecule has 0 aliphatic heterocycles. The number of benzene rings is 3. The number of sulfonamides is 1. The van der Waals surface area contributed by atoms with Gasteiger partial charge in [0.2, 0.25) is 5.91 Å². The van der Waals surface area contributed by atoms with Gasteiger partial charge in [-0.2, -0.15) is 0 Å². The Bertz CT molecular complexity index is 1190. The molecule has 8 heteroatoms. The molecule has 0 aliphatic rings. The summed E-state index contributed by atoms with van der Waals surface area (Å²) >= 11 is 6.04. The lowest BCUT2D eigenvalue weighted by atomic mass is 10.2. The summed E-state index contributed by atoms with van der Waals surface area (Å²) in [4.78, 5) is 12.9. The summed E-state index contributed by atoms with van der Waals surface area (Å²) in [7, 11) is -4.01. The smallest absolute Gasteiger partial charge is 0.264 e. The van der Waals surface area contributed by atoms with Gasteiger partial charge in [-0.15, -0.1) is 0 Å². The highest BCUT2D eigenvalue weighted by atomic mass is 35.5. The van der Waals surface area contributed by atoms with Crippen molar-refractivity contribution in [3.8, 4) is 5.75 Å². The number of ether oxygens (including phenoxy) is 1. The Morgan fingerprint density at radius 1 is 1.00 bits per heavy atom. The van der Waals surface area contributed by atoms with Crippen LogP contribution in [0.4, 0.5) is 11.4 Å². The van der Waals surface area contributed by atoms with Crippen molar-refractivity contribution in [1.82, 2.24) is 0 Å². The molecule has 3 aromatic rings. The van der Waals surface area contributed by atoms with Crippen molar-refractivity contribution in [2.24, 2.45) is 0 Å². The summed E-state index contributed by atoms with van der Waals surface area (Å²) in [6.07, 6.45) is 0. The highest BCUT2D eigenvalue weighted by molar-refractivity contribution is 7.92. The van der Waals surface area contributed by atoms with E-state index in [9.17, 15) is 13.2 Å².